The molecule has 0 radical (unpaired) electrons. The Hall–Kier alpha value is -1.77. The van der Waals surface area contributed by atoms with Gasteiger partial charge in [0.15, 0.2) is 5.96 Å². The Balaban J connectivity index is 0.00000261. The van der Waals surface area contributed by atoms with Crippen LogP contribution in [-0.4, -0.2) is 43.8 Å². The minimum Gasteiger partial charge on any atom is -0.369 e. The maximum absolute atomic E-state index is 5.22. The van der Waals surface area contributed by atoms with Crippen LogP contribution in [0.15, 0.2) is 33.8 Å². The number of hydrogen-bond acceptors (Lipinski definition) is 4. The fraction of sp³-hybridized carbons (Fsp3) is 0.500. The highest BCUT2D eigenvalue weighted by Crippen LogP contribution is 2.20. The van der Waals surface area contributed by atoms with Gasteiger partial charge in [0, 0.05) is 44.0 Å². The van der Waals surface area contributed by atoms with Crippen LogP contribution in [0.4, 0.5) is 5.69 Å². The molecule has 1 fully saturated rings. The second-order valence-corrected chi connectivity index (χ2v) is 6.96. The van der Waals surface area contributed by atoms with Crippen molar-refractivity contribution in [3.8, 4) is 0 Å². The molecule has 1 saturated heterocycles. The van der Waals surface area contributed by atoms with Gasteiger partial charge in [-0.3, -0.25) is 4.99 Å². The maximum atomic E-state index is 5.22. The summed E-state index contributed by atoms with van der Waals surface area (Å²) in [4.78, 5) is 6.79. The number of nitrogens with one attached hydrogen (secondary N) is 2. The number of aryl methyl sites for hydroxylation is 3. The lowest BCUT2D eigenvalue weighted by Gasteiger charge is -2.20. The highest BCUT2D eigenvalue weighted by atomic mass is 127. The number of aromatic nitrogens is 1. The number of nitrogens with zero attached hydrogens (tertiary/aromatic N) is 3. The molecular weight excluding hydrogens is 453 g/mol. The van der Waals surface area contributed by atoms with Gasteiger partial charge in [-0.05, 0) is 45.7 Å². The van der Waals surface area contributed by atoms with Crippen molar-refractivity contribution in [1.29, 1.82) is 0 Å². The number of rotatable bonds is 5. The number of anilines is 1. The van der Waals surface area contributed by atoms with E-state index in [4.69, 9.17) is 4.52 Å². The molecule has 1 aliphatic rings. The van der Waals surface area contributed by atoms with Crippen LogP contribution in [0.2, 0.25) is 0 Å². The Labute approximate surface area is 178 Å². The van der Waals surface area contributed by atoms with Gasteiger partial charge in [0.2, 0.25) is 0 Å². The van der Waals surface area contributed by atoms with E-state index in [9.17, 15) is 0 Å². The van der Waals surface area contributed by atoms with E-state index in [0.29, 0.717) is 6.04 Å². The summed E-state index contributed by atoms with van der Waals surface area (Å²) in [7, 11) is 1.82. The zero-order valence-corrected chi connectivity index (χ0v) is 18.9. The largest absolute Gasteiger partial charge is 0.369 e. The van der Waals surface area contributed by atoms with Gasteiger partial charge < -0.3 is 20.1 Å². The lowest BCUT2D eigenvalue weighted by molar-refractivity contribution is 0.392. The molecule has 0 spiro atoms. The molecule has 2 N–H and O–H groups in total. The molecule has 6 nitrogen and oxygen atoms in total. The minimum atomic E-state index is 0. The molecule has 2 heterocycles. The van der Waals surface area contributed by atoms with Crippen LogP contribution in [-0.2, 0) is 6.42 Å². The van der Waals surface area contributed by atoms with E-state index in [1.807, 2.05) is 20.9 Å². The number of hydrogen-bond donors (Lipinski definition) is 2. The predicted octanol–water partition coefficient (Wildman–Crippen LogP) is 3.20. The summed E-state index contributed by atoms with van der Waals surface area (Å²) in [5.74, 6) is 1.75. The summed E-state index contributed by atoms with van der Waals surface area (Å²) in [6.45, 7) is 8.93. The van der Waals surface area contributed by atoms with E-state index < -0.39 is 0 Å². The SMILES string of the molecule is CN=C(NCCc1c(C)noc1C)NC1CCN(c2ccc(C)cc2)C1.I. The van der Waals surface area contributed by atoms with Crippen molar-refractivity contribution >= 4 is 35.6 Å². The summed E-state index contributed by atoms with van der Waals surface area (Å²) in [6, 6.07) is 9.15. The first kappa shape index (κ1) is 21.5. The molecule has 0 aliphatic carbocycles. The molecule has 1 unspecified atom stereocenters. The quantitative estimate of drug-likeness (QED) is 0.389. The number of benzene rings is 1. The first-order valence-electron chi connectivity index (χ1n) is 9.27. The molecule has 0 saturated carbocycles. The summed E-state index contributed by atoms with van der Waals surface area (Å²) in [5, 5.41) is 11.0. The minimum absolute atomic E-state index is 0. The van der Waals surface area contributed by atoms with E-state index in [1.165, 1.54) is 16.8 Å². The third-order valence-corrected chi connectivity index (χ3v) is 5.00. The topological polar surface area (TPSA) is 65.7 Å². The van der Waals surface area contributed by atoms with Crippen molar-refractivity contribution in [3.63, 3.8) is 0 Å². The number of guanidine groups is 1. The molecule has 2 aromatic rings. The van der Waals surface area contributed by atoms with E-state index in [2.05, 4.69) is 56.9 Å². The molecule has 0 bridgehead atoms. The lowest BCUT2D eigenvalue weighted by Crippen LogP contribution is -2.45. The van der Waals surface area contributed by atoms with Gasteiger partial charge >= 0.3 is 0 Å². The molecule has 0 amide bonds. The molecule has 3 rings (SSSR count). The molecule has 1 aromatic heterocycles. The molecule has 27 heavy (non-hydrogen) atoms. The highest BCUT2D eigenvalue weighted by molar-refractivity contribution is 14.0. The smallest absolute Gasteiger partial charge is 0.191 e. The van der Waals surface area contributed by atoms with E-state index in [-0.39, 0.29) is 24.0 Å². The van der Waals surface area contributed by atoms with Crippen LogP contribution in [0.1, 0.15) is 29.0 Å². The Bertz CT molecular complexity index is 737. The number of aliphatic imine (C=N–C) groups is 1. The second kappa shape index (κ2) is 9.96. The van der Waals surface area contributed by atoms with Gasteiger partial charge in [-0.25, -0.2) is 0 Å². The van der Waals surface area contributed by atoms with Crippen LogP contribution < -0.4 is 15.5 Å². The third-order valence-electron chi connectivity index (χ3n) is 5.00. The second-order valence-electron chi connectivity index (χ2n) is 6.96. The van der Waals surface area contributed by atoms with Crippen molar-refractivity contribution < 1.29 is 4.52 Å². The van der Waals surface area contributed by atoms with Crippen LogP contribution in [0.3, 0.4) is 0 Å². The molecular formula is C20H30IN5O. The van der Waals surface area contributed by atoms with Gasteiger partial charge in [0.25, 0.3) is 0 Å². The average Bonchev–Trinajstić information content (AvgIpc) is 3.23. The first-order chi connectivity index (χ1) is 12.6. The summed E-state index contributed by atoms with van der Waals surface area (Å²) in [6.07, 6.45) is 1.99. The maximum Gasteiger partial charge on any atom is 0.191 e. The Morgan fingerprint density at radius 3 is 2.63 bits per heavy atom. The van der Waals surface area contributed by atoms with Gasteiger partial charge in [-0.15, -0.1) is 24.0 Å². The first-order valence-corrected chi connectivity index (χ1v) is 9.27. The molecule has 7 heteroatoms. The van der Waals surface area contributed by atoms with Gasteiger partial charge in [0.1, 0.15) is 5.76 Å². The summed E-state index contributed by atoms with van der Waals surface area (Å²) >= 11 is 0. The average molecular weight is 483 g/mol. The Morgan fingerprint density at radius 1 is 1.26 bits per heavy atom. The summed E-state index contributed by atoms with van der Waals surface area (Å²) < 4.78 is 5.22. The van der Waals surface area contributed by atoms with Gasteiger partial charge in [-0.2, -0.15) is 0 Å². The fourth-order valence-electron chi connectivity index (χ4n) is 3.42. The van der Waals surface area contributed by atoms with Crippen LogP contribution >= 0.6 is 24.0 Å². The molecule has 148 valence electrons. The normalized spacial score (nSPS) is 17.0. The van der Waals surface area contributed by atoms with E-state index in [1.54, 1.807) is 0 Å². The Morgan fingerprint density at radius 2 is 2.00 bits per heavy atom. The standard InChI is InChI=1S/C20H29N5O.HI/c1-14-5-7-18(8-6-14)25-12-10-17(13-25)23-20(21-4)22-11-9-19-15(2)24-26-16(19)3;/h5-8,17H,9-13H2,1-4H3,(H2,21,22,23);1H. The van der Waals surface area contributed by atoms with Crippen molar-refractivity contribution in [2.45, 2.75) is 39.7 Å². The molecule has 1 aromatic carbocycles. The third kappa shape index (κ3) is 5.60. The Kier molecular flexibility index (Phi) is 7.94. The van der Waals surface area contributed by atoms with Crippen molar-refractivity contribution in [2.75, 3.05) is 31.6 Å². The monoisotopic (exact) mass is 483 g/mol. The van der Waals surface area contributed by atoms with Crippen LogP contribution in [0, 0.1) is 20.8 Å². The molecule has 1 aliphatic heterocycles. The predicted molar refractivity (Wildman–Crippen MR) is 121 cm³/mol. The van der Waals surface area contributed by atoms with Crippen molar-refractivity contribution in [2.24, 2.45) is 4.99 Å². The lowest BCUT2D eigenvalue weighted by atomic mass is 10.1. The van der Waals surface area contributed by atoms with Gasteiger partial charge in [-0.1, -0.05) is 22.9 Å². The zero-order valence-electron chi connectivity index (χ0n) is 16.6. The van der Waals surface area contributed by atoms with Crippen LogP contribution in [0.25, 0.3) is 0 Å². The summed E-state index contributed by atoms with van der Waals surface area (Å²) in [5.41, 5.74) is 4.74. The number of halogens is 1. The van der Waals surface area contributed by atoms with E-state index in [0.717, 1.165) is 49.9 Å². The van der Waals surface area contributed by atoms with Crippen LogP contribution in [0.5, 0.6) is 0 Å². The van der Waals surface area contributed by atoms with E-state index >= 15 is 0 Å². The fourth-order valence-corrected chi connectivity index (χ4v) is 3.42. The zero-order chi connectivity index (χ0) is 18.5. The highest BCUT2D eigenvalue weighted by Gasteiger charge is 2.23. The van der Waals surface area contributed by atoms with Crippen molar-refractivity contribution in [3.05, 3.63) is 46.8 Å². The van der Waals surface area contributed by atoms with Crippen molar-refractivity contribution in [1.82, 2.24) is 15.8 Å². The van der Waals surface area contributed by atoms with Gasteiger partial charge in [0.05, 0.1) is 5.69 Å². The molecule has 1 atom stereocenters.